The van der Waals surface area contributed by atoms with Gasteiger partial charge < -0.3 is 16.0 Å². The van der Waals surface area contributed by atoms with Crippen molar-refractivity contribution in [1.29, 1.82) is 0 Å². The van der Waals surface area contributed by atoms with Gasteiger partial charge in [0.05, 0.1) is 6.54 Å². The van der Waals surface area contributed by atoms with Crippen molar-refractivity contribution in [2.75, 3.05) is 13.1 Å². The zero-order valence-electron chi connectivity index (χ0n) is 13.7. The van der Waals surface area contributed by atoms with E-state index in [0.29, 0.717) is 10.1 Å². The van der Waals surface area contributed by atoms with Crippen molar-refractivity contribution in [3.05, 3.63) is 53.9 Å². The van der Waals surface area contributed by atoms with E-state index in [0.717, 1.165) is 6.20 Å². The third-order valence-corrected chi connectivity index (χ3v) is 3.41. The zero-order chi connectivity index (χ0) is 18.9. The molecular formula is C16H18F3N5O2. The van der Waals surface area contributed by atoms with Crippen LogP contribution in [0.3, 0.4) is 0 Å². The molecule has 0 spiro atoms. The number of nitrogens with one attached hydrogen (secondary N) is 3. The van der Waals surface area contributed by atoms with Crippen LogP contribution in [0.2, 0.25) is 0 Å². The van der Waals surface area contributed by atoms with Gasteiger partial charge in [-0.15, -0.1) is 0 Å². The number of urea groups is 1. The summed E-state index contributed by atoms with van der Waals surface area (Å²) in [5, 5.41) is 7.38. The van der Waals surface area contributed by atoms with Gasteiger partial charge in [0, 0.05) is 31.9 Å². The Morgan fingerprint density at radius 3 is 2.54 bits per heavy atom. The maximum absolute atomic E-state index is 12.8. The summed E-state index contributed by atoms with van der Waals surface area (Å²) in [7, 11) is 0. The summed E-state index contributed by atoms with van der Waals surface area (Å²) in [4.78, 5) is 27.0. The number of imidazole rings is 1. The molecule has 0 atom stereocenters. The van der Waals surface area contributed by atoms with E-state index in [-0.39, 0.29) is 37.7 Å². The number of carbonyl (C=O) groups excluding carboxylic acids is 2. The van der Waals surface area contributed by atoms with Gasteiger partial charge in [-0.05, 0) is 17.7 Å². The van der Waals surface area contributed by atoms with Crippen LogP contribution in [0.25, 0.3) is 0 Å². The highest BCUT2D eigenvalue weighted by molar-refractivity contribution is 5.83. The SMILES string of the molecule is O=C(CNC(=O)NCc1ccc(F)cc1)NCCc1nccn1C(F)F. The van der Waals surface area contributed by atoms with Crippen LogP contribution in [-0.2, 0) is 17.8 Å². The van der Waals surface area contributed by atoms with Crippen LogP contribution in [-0.4, -0.2) is 34.6 Å². The van der Waals surface area contributed by atoms with Gasteiger partial charge in [-0.1, -0.05) is 12.1 Å². The van der Waals surface area contributed by atoms with E-state index in [1.54, 1.807) is 0 Å². The van der Waals surface area contributed by atoms with Gasteiger partial charge in [0.2, 0.25) is 5.91 Å². The van der Waals surface area contributed by atoms with E-state index >= 15 is 0 Å². The van der Waals surface area contributed by atoms with E-state index in [4.69, 9.17) is 0 Å². The number of benzene rings is 1. The molecular weight excluding hydrogens is 351 g/mol. The van der Waals surface area contributed by atoms with Gasteiger partial charge in [0.1, 0.15) is 11.6 Å². The minimum Gasteiger partial charge on any atom is -0.354 e. The Morgan fingerprint density at radius 2 is 1.85 bits per heavy atom. The molecule has 1 heterocycles. The van der Waals surface area contributed by atoms with Crippen LogP contribution in [0.4, 0.5) is 18.0 Å². The molecule has 7 nitrogen and oxygen atoms in total. The maximum atomic E-state index is 12.8. The fourth-order valence-corrected chi connectivity index (χ4v) is 2.10. The Morgan fingerprint density at radius 1 is 1.12 bits per heavy atom. The van der Waals surface area contributed by atoms with Crippen molar-refractivity contribution < 1.29 is 22.8 Å². The number of aromatic nitrogens is 2. The Kier molecular flexibility index (Phi) is 7.01. The fourth-order valence-electron chi connectivity index (χ4n) is 2.10. The minimum absolute atomic E-state index is 0.113. The second-order valence-corrected chi connectivity index (χ2v) is 5.29. The van der Waals surface area contributed by atoms with Gasteiger partial charge in [0.25, 0.3) is 0 Å². The van der Waals surface area contributed by atoms with Crippen LogP contribution in [0.15, 0.2) is 36.7 Å². The van der Waals surface area contributed by atoms with Crippen molar-refractivity contribution in [3.63, 3.8) is 0 Å². The van der Waals surface area contributed by atoms with Crippen molar-refractivity contribution >= 4 is 11.9 Å². The van der Waals surface area contributed by atoms with Crippen LogP contribution in [0.5, 0.6) is 0 Å². The van der Waals surface area contributed by atoms with E-state index in [1.807, 2.05) is 0 Å². The standard InChI is InChI=1S/C16H18F3N5O2/c17-12-3-1-11(2-4-12)9-22-16(26)23-10-14(25)21-6-5-13-20-7-8-24(13)15(18)19/h1-4,7-8,15H,5-6,9-10H2,(H,21,25)(H2,22,23,26). The molecule has 0 radical (unpaired) electrons. The summed E-state index contributed by atoms with van der Waals surface area (Å²) in [6.45, 7) is -2.65. The largest absolute Gasteiger partial charge is 0.354 e. The predicted molar refractivity (Wildman–Crippen MR) is 86.8 cm³/mol. The smallest absolute Gasteiger partial charge is 0.319 e. The first kappa shape index (κ1) is 19.3. The number of carbonyl (C=O) groups is 2. The average Bonchev–Trinajstić information content (AvgIpc) is 3.08. The Bertz CT molecular complexity index is 734. The Balaban J connectivity index is 1.62. The molecule has 2 rings (SSSR count). The molecule has 26 heavy (non-hydrogen) atoms. The molecule has 10 heteroatoms. The first-order valence-corrected chi connectivity index (χ1v) is 7.78. The van der Waals surface area contributed by atoms with Crippen LogP contribution in [0.1, 0.15) is 17.9 Å². The number of hydrogen-bond acceptors (Lipinski definition) is 3. The summed E-state index contributed by atoms with van der Waals surface area (Å²) in [6, 6.07) is 5.07. The van der Waals surface area contributed by atoms with E-state index < -0.39 is 18.5 Å². The summed E-state index contributed by atoms with van der Waals surface area (Å²) >= 11 is 0. The topological polar surface area (TPSA) is 88.1 Å². The lowest BCUT2D eigenvalue weighted by Gasteiger charge is -2.09. The normalized spacial score (nSPS) is 10.6. The highest BCUT2D eigenvalue weighted by Crippen LogP contribution is 2.12. The lowest BCUT2D eigenvalue weighted by molar-refractivity contribution is -0.120. The molecule has 0 saturated heterocycles. The molecule has 0 aliphatic carbocycles. The fraction of sp³-hybridized carbons (Fsp3) is 0.312. The third-order valence-electron chi connectivity index (χ3n) is 3.41. The van der Waals surface area contributed by atoms with Gasteiger partial charge in [-0.2, -0.15) is 8.78 Å². The number of amides is 3. The molecule has 0 saturated carbocycles. The van der Waals surface area contributed by atoms with Gasteiger partial charge >= 0.3 is 12.6 Å². The molecule has 3 amide bonds. The first-order valence-electron chi connectivity index (χ1n) is 7.78. The summed E-state index contributed by atoms with van der Waals surface area (Å²) in [6.07, 6.45) is 2.56. The molecule has 1 aromatic carbocycles. The van der Waals surface area contributed by atoms with Crippen molar-refractivity contribution in [3.8, 4) is 0 Å². The lowest BCUT2D eigenvalue weighted by Crippen LogP contribution is -2.42. The van der Waals surface area contributed by atoms with Crippen molar-refractivity contribution in [1.82, 2.24) is 25.5 Å². The lowest BCUT2D eigenvalue weighted by atomic mass is 10.2. The molecule has 2 aromatic rings. The van der Waals surface area contributed by atoms with Crippen LogP contribution >= 0.6 is 0 Å². The molecule has 0 bridgehead atoms. The summed E-state index contributed by atoms with van der Waals surface area (Å²) in [5.41, 5.74) is 0.709. The second kappa shape index (κ2) is 9.44. The van der Waals surface area contributed by atoms with Gasteiger partial charge in [-0.3, -0.25) is 9.36 Å². The number of halogens is 3. The molecule has 0 aliphatic heterocycles. The zero-order valence-corrected chi connectivity index (χ0v) is 13.7. The Labute approximate surface area is 147 Å². The van der Waals surface area contributed by atoms with Gasteiger partial charge in [0.15, 0.2) is 0 Å². The number of nitrogens with zero attached hydrogens (tertiary/aromatic N) is 2. The molecule has 0 fully saturated rings. The first-order chi connectivity index (χ1) is 12.5. The monoisotopic (exact) mass is 369 g/mol. The van der Waals surface area contributed by atoms with E-state index in [2.05, 4.69) is 20.9 Å². The molecule has 0 aliphatic rings. The maximum Gasteiger partial charge on any atom is 0.319 e. The second-order valence-electron chi connectivity index (χ2n) is 5.29. The molecule has 1 aromatic heterocycles. The molecule has 0 unspecified atom stereocenters. The predicted octanol–water partition coefficient (Wildman–Crippen LogP) is 1.58. The molecule has 140 valence electrons. The number of rotatable bonds is 8. The van der Waals surface area contributed by atoms with Gasteiger partial charge in [-0.25, -0.2) is 14.2 Å². The van der Waals surface area contributed by atoms with E-state index in [9.17, 15) is 22.8 Å². The average molecular weight is 369 g/mol. The summed E-state index contributed by atoms with van der Waals surface area (Å²) < 4.78 is 38.7. The van der Waals surface area contributed by atoms with E-state index in [1.165, 1.54) is 30.5 Å². The van der Waals surface area contributed by atoms with Crippen molar-refractivity contribution in [2.45, 2.75) is 19.5 Å². The quantitative estimate of drug-likeness (QED) is 0.660. The number of hydrogen-bond donors (Lipinski definition) is 3. The Hall–Kier alpha value is -3.04. The highest BCUT2D eigenvalue weighted by Gasteiger charge is 2.11. The third kappa shape index (κ3) is 6.11. The minimum atomic E-state index is -2.69. The van der Waals surface area contributed by atoms with Crippen molar-refractivity contribution in [2.24, 2.45) is 0 Å². The van der Waals surface area contributed by atoms with Crippen LogP contribution < -0.4 is 16.0 Å². The number of alkyl halides is 2. The molecule has 3 N–H and O–H groups in total. The summed E-state index contributed by atoms with van der Waals surface area (Å²) in [5.74, 6) is -0.673. The van der Waals surface area contributed by atoms with Crippen LogP contribution in [0, 0.1) is 5.82 Å². The highest BCUT2D eigenvalue weighted by atomic mass is 19.3.